The van der Waals surface area contributed by atoms with E-state index in [1.165, 1.54) is 0 Å². The molecule has 0 aromatic carbocycles. The molecule has 0 rings (SSSR count). The van der Waals surface area contributed by atoms with Crippen LogP contribution in [0.5, 0.6) is 0 Å². The van der Waals surface area contributed by atoms with Gasteiger partial charge in [-0.3, -0.25) is 9.11 Å². The van der Waals surface area contributed by atoms with Gasteiger partial charge in [0.05, 0.1) is 0 Å². The first kappa shape index (κ1) is 15.7. The van der Waals surface area contributed by atoms with Crippen molar-refractivity contribution in [1.29, 1.82) is 0 Å². The number of hydrogen-bond acceptors (Lipinski definition) is 2. The molecule has 48 valence electrons. The normalized spacial score (nSPS) is 8.29. The fourth-order valence-corrected chi connectivity index (χ4v) is 0. The van der Waals surface area contributed by atoms with Crippen molar-refractivity contribution >= 4 is 10.4 Å². The monoisotopic (exact) mass is 212 g/mol. The molecule has 4 nitrogen and oxygen atoms in total. The van der Waals surface area contributed by atoms with Gasteiger partial charge in [0.2, 0.25) is 0 Å². The second-order valence-electron chi connectivity index (χ2n) is 0.448. The van der Waals surface area contributed by atoms with E-state index in [1.807, 2.05) is 0 Å². The van der Waals surface area contributed by atoms with Gasteiger partial charge in [0.1, 0.15) is 0 Å². The molecule has 2 radical (unpaired) electrons. The fourth-order valence-electron chi connectivity index (χ4n) is 0. The van der Waals surface area contributed by atoms with Crippen LogP contribution in [0.1, 0.15) is 0 Å². The molecular formula is H2CuO4SV. The molecule has 7 heteroatoms. The Balaban J connectivity index is -0.0000000800. The third kappa shape index (κ3) is 182. The smallest absolute Gasteiger partial charge is 0.264 e. The Kier molecular flexibility index (Phi) is 11.5. The summed E-state index contributed by atoms with van der Waals surface area (Å²) in [6, 6.07) is 0. The summed E-state index contributed by atoms with van der Waals surface area (Å²) in [5, 5.41) is 0. The van der Waals surface area contributed by atoms with Gasteiger partial charge in [0.15, 0.2) is 0 Å². The Morgan fingerprint density at radius 1 is 1.14 bits per heavy atom. The van der Waals surface area contributed by atoms with E-state index in [2.05, 4.69) is 0 Å². The molecule has 0 saturated carbocycles. The zero-order chi connectivity index (χ0) is 4.50. The summed E-state index contributed by atoms with van der Waals surface area (Å²) >= 11 is 0. The first-order valence-electron chi connectivity index (χ1n) is 0.698. The molecule has 0 aromatic rings. The molecule has 0 amide bonds. The van der Waals surface area contributed by atoms with Crippen molar-refractivity contribution in [3.8, 4) is 0 Å². The van der Waals surface area contributed by atoms with Crippen molar-refractivity contribution in [2.24, 2.45) is 0 Å². The van der Waals surface area contributed by atoms with Gasteiger partial charge in [-0.05, 0) is 0 Å². The first-order chi connectivity index (χ1) is 2.00. The predicted molar refractivity (Wildman–Crippen MR) is 14.2 cm³/mol. The average Bonchev–Trinajstić information content (AvgIpc) is 0.722. The van der Waals surface area contributed by atoms with E-state index in [0.717, 1.165) is 0 Å². The van der Waals surface area contributed by atoms with Crippen LogP contribution < -0.4 is 0 Å². The Bertz CT molecular complexity index is 94.9. The Hall–Kier alpha value is 0.974. The van der Waals surface area contributed by atoms with E-state index >= 15 is 0 Å². The Morgan fingerprint density at radius 3 is 1.14 bits per heavy atom. The maximum Gasteiger partial charge on any atom is 0.394 e. The molecule has 0 aliphatic carbocycles. The summed E-state index contributed by atoms with van der Waals surface area (Å²) in [5.74, 6) is 0. The van der Waals surface area contributed by atoms with E-state index in [9.17, 15) is 0 Å². The van der Waals surface area contributed by atoms with Gasteiger partial charge in [0.25, 0.3) is 0 Å². The molecule has 0 heterocycles. The van der Waals surface area contributed by atoms with E-state index in [1.54, 1.807) is 0 Å². The van der Waals surface area contributed by atoms with Crippen LogP contribution in [0, 0.1) is 0 Å². The number of hydrogen-bond donors (Lipinski definition) is 2. The first-order valence-corrected chi connectivity index (χ1v) is 2.10. The largest absolute Gasteiger partial charge is 0.394 e. The Labute approximate surface area is 63.6 Å². The van der Waals surface area contributed by atoms with Crippen LogP contribution in [0.25, 0.3) is 0 Å². The molecule has 0 saturated heterocycles. The van der Waals surface area contributed by atoms with Crippen LogP contribution >= 0.6 is 0 Å². The SMILES string of the molecule is O=S(=O)(O)O.[Cu].[V]. The molecule has 0 unspecified atom stereocenters. The Morgan fingerprint density at radius 2 is 1.14 bits per heavy atom. The minimum absolute atomic E-state index is 0. The molecule has 0 aliphatic heterocycles. The summed E-state index contributed by atoms with van der Waals surface area (Å²) in [4.78, 5) is 0. The maximum atomic E-state index is 8.74. The molecule has 0 fully saturated rings. The predicted octanol–water partition coefficient (Wildman–Crippen LogP) is -0.658. The zero-order valence-corrected chi connectivity index (χ0v) is 6.02. The van der Waals surface area contributed by atoms with Gasteiger partial charge >= 0.3 is 10.4 Å². The fraction of sp³-hybridized carbons (Fsp3) is 0. The van der Waals surface area contributed by atoms with Crippen LogP contribution in [-0.4, -0.2) is 17.5 Å². The van der Waals surface area contributed by atoms with E-state index in [4.69, 9.17) is 17.5 Å². The van der Waals surface area contributed by atoms with E-state index in [-0.39, 0.29) is 35.6 Å². The van der Waals surface area contributed by atoms with Gasteiger partial charge in [-0.1, -0.05) is 0 Å². The molecule has 0 spiro atoms. The quantitative estimate of drug-likeness (QED) is 0.413. The summed E-state index contributed by atoms with van der Waals surface area (Å²) in [6.07, 6.45) is 0. The van der Waals surface area contributed by atoms with Gasteiger partial charge in [-0.2, -0.15) is 8.42 Å². The van der Waals surface area contributed by atoms with E-state index in [0.29, 0.717) is 0 Å². The van der Waals surface area contributed by atoms with Crippen LogP contribution in [0.3, 0.4) is 0 Å². The average molecular weight is 213 g/mol. The molecule has 7 heavy (non-hydrogen) atoms. The van der Waals surface area contributed by atoms with Crippen molar-refractivity contribution in [2.75, 3.05) is 0 Å². The zero-order valence-electron chi connectivity index (χ0n) is 2.87. The summed E-state index contributed by atoms with van der Waals surface area (Å²) in [5.41, 5.74) is 0. The molecule has 0 aromatic heterocycles. The molecule has 2 N–H and O–H groups in total. The third-order valence-electron chi connectivity index (χ3n) is 0. The van der Waals surface area contributed by atoms with Crippen LogP contribution in [0.4, 0.5) is 0 Å². The minimum Gasteiger partial charge on any atom is -0.264 e. The van der Waals surface area contributed by atoms with E-state index < -0.39 is 10.4 Å². The topological polar surface area (TPSA) is 74.6 Å². The second-order valence-corrected chi connectivity index (χ2v) is 1.34. The van der Waals surface area contributed by atoms with Gasteiger partial charge in [-0.15, -0.1) is 0 Å². The van der Waals surface area contributed by atoms with Gasteiger partial charge in [0, 0.05) is 35.6 Å². The molecule has 0 bridgehead atoms. The van der Waals surface area contributed by atoms with Gasteiger partial charge in [-0.25, -0.2) is 0 Å². The van der Waals surface area contributed by atoms with Gasteiger partial charge < -0.3 is 0 Å². The van der Waals surface area contributed by atoms with Crippen LogP contribution in [-0.2, 0) is 46.0 Å². The standard InChI is InChI=1S/Cu.H2O4S.V/c;1-5(2,3)4;/h;(H2,1,2,3,4);. The van der Waals surface area contributed by atoms with Crippen molar-refractivity contribution in [3.05, 3.63) is 0 Å². The van der Waals surface area contributed by atoms with Crippen molar-refractivity contribution in [1.82, 2.24) is 0 Å². The summed E-state index contributed by atoms with van der Waals surface area (Å²) in [7, 11) is -4.67. The number of rotatable bonds is 0. The maximum absolute atomic E-state index is 8.74. The van der Waals surface area contributed by atoms with Crippen LogP contribution in [0.15, 0.2) is 0 Å². The summed E-state index contributed by atoms with van der Waals surface area (Å²) < 4.78 is 31.6. The molecule has 0 aliphatic rings. The molecular weight excluding hydrogens is 211 g/mol. The van der Waals surface area contributed by atoms with Crippen LogP contribution in [0.2, 0.25) is 0 Å². The van der Waals surface area contributed by atoms with Crippen molar-refractivity contribution < 1.29 is 53.1 Å². The third-order valence-corrected chi connectivity index (χ3v) is 0. The van der Waals surface area contributed by atoms with Crippen molar-refractivity contribution in [3.63, 3.8) is 0 Å². The minimum atomic E-state index is -4.67. The second kappa shape index (κ2) is 5.12. The summed E-state index contributed by atoms with van der Waals surface area (Å²) in [6.45, 7) is 0. The van der Waals surface area contributed by atoms with Crippen molar-refractivity contribution in [2.45, 2.75) is 0 Å². The molecule has 0 atom stereocenters.